The molecule has 0 bridgehead atoms. The first-order valence-electron chi connectivity index (χ1n) is 10.1. The predicted octanol–water partition coefficient (Wildman–Crippen LogP) is 2.24. The molecular formula is C20H30ClIN4O3S. The highest BCUT2D eigenvalue weighted by atomic mass is 127. The van der Waals surface area contributed by atoms with Gasteiger partial charge in [-0.25, -0.2) is 8.42 Å². The summed E-state index contributed by atoms with van der Waals surface area (Å²) >= 11 is 6.13. The van der Waals surface area contributed by atoms with Crippen molar-refractivity contribution in [2.45, 2.75) is 44.1 Å². The average Bonchev–Trinajstić information content (AvgIpc) is 3.38. The average molecular weight is 569 g/mol. The lowest BCUT2D eigenvalue weighted by Crippen LogP contribution is -2.41. The van der Waals surface area contributed by atoms with Gasteiger partial charge in [-0.05, 0) is 43.9 Å². The minimum atomic E-state index is -2.99. The number of nitrogens with one attached hydrogen (secondary N) is 3. The number of amides is 1. The van der Waals surface area contributed by atoms with Crippen LogP contribution in [0.25, 0.3) is 0 Å². The number of sulfone groups is 1. The lowest BCUT2D eigenvalue weighted by molar-refractivity contribution is -0.121. The Balaban J connectivity index is 0.00000320. The van der Waals surface area contributed by atoms with E-state index in [9.17, 15) is 13.2 Å². The maximum atomic E-state index is 12.1. The molecule has 0 aromatic heterocycles. The molecule has 1 aliphatic heterocycles. The number of guanidine groups is 1. The SMILES string of the molecule is CCNC(=NCC1(c2cccc(Cl)c2)CC1)NCCC(=O)NC1CCS(=O)(=O)C1.I. The molecule has 10 heteroatoms. The van der Waals surface area contributed by atoms with E-state index in [1.165, 1.54) is 5.56 Å². The van der Waals surface area contributed by atoms with Gasteiger partial charge in [0, 0.05) is 36.0 Å². The van der Waals surface area contributed by atoms with Crippen LogP contribution < -0.4 is 16.0 Å². The van der Waals surface area contributed by atoms with E-state index in [2.05, 4.69) is 22.0 Å². The Morgan fingerprint density at radius 2 is 2.07 bits per heavy atom. The fourth-order valence-electron chi connectivity index (χ4n) is 3.58. The van der Waals surface area contributed by atoms with Gasteiger partial charge in [-0.2, -0.15) is 0 Å². The Morgan fingerprint density at radius 3 is 2.67 bits per heavy atom. The molecule has 0 radical (unpaired) electrons. The second-order valence-corrected chi connectivity index (χ2v) is 10.5. The van der Waals surface area contributed by atoms with Crippen molar-refractivity contribution in [2.24, 2.45) is 4.99 Å². The second-order valence-electron chi connectivity index (χ2n) is 7.83. The first kappa shape index (κ1) is 25.2. The number of hydrogen-bond acceptors (Lipinski definition) is 4. The molecule has 2 fully saturated rings. The fraction of sp³-hybridized carbons (Fsp3) is 0.600. The summed E-state index contributed by atoms with van der Waals surface area (Å²) in [6.45, 7) is 3.81. The van der Waals surface area contributed by atoms with E-state index in [1.807, 2.05) is 25.1 Å². The van der Waals surface area contributed by atoms with Gasteiger partial charge >= 0.3 is 0 Å². The van der Waals surface area contributed by atoms with Gasteiger partial charge < -0.3 is 16.0 Å². The molecule has 30 heavy (non-hydrogen) atoms. The van der Waals surface area contributed by atoms with Gasteiger partial charge in [-0.1, -0.05) is 23.7 Å². The molecule has 2 aliphatic rings. The monoisotopic (exact) mass is 568 g/mol. The number of aliphatic imine (C=N–C) groups is 1. The summed E-state index contributed by atoms with van der Waals surface area (Å²) in [5.74, 6) is 0.731. The molecule has 1 aromatic carbocycles. The highest BCUT2D eigenvalue weighted by Crippen LogP contribution is 2.48. The van der Waals surface area contributed by atoms with Crippen molar-refractivity contribution in [3.8, 4) is 0 Å². The zero-order chi connectivity index (χ0) is 20.9. The van der Waals surface area contributed by atoms with E-state index < -0.39 is 9.84 Å². The molecule has 0 spiro atoms. The third-order valence-electron chi connectivity index (χ3n) is 5.42. The fourth-order valence-corrected chi connectivity index (χ4v) is 5.45. The van der Waals surface area contributed by atoms with Gasteiger partial charge in [-0.3, -0.25) is 9.79 Å². The van der Waals surface area contributed by atoms with Crippen LogP contribution in [0.1, 0.15) is 38.2 Å². The van der Waals surface area contributed by atoms with Crippen LogP contribution in [0.15, 0.2) is 29.3 Å². The third kappa shape index (κ3) is 7.26. The quantitative estimate of drug-likeness (QED) is 0.254. The molecule has 1 aliphatic carbocycles. The summed E-state index contributed by atoms with van der Waals surface area (Å²) in [5, 5.41) is 9.94. The largest absolute Gasteiger partial charge is 0.357 e. The molecule has 1 saturated carbocycles. The van der Waals surface area contributed by atoms with Gasteiger partial charge in [-0.15, -0.1) is 24.0 Å². The number of benzene rings is 1. The van der Waals surface area contributed by atoms with Crippen molar-refractivity contribution >= 4 is 57.3 Å². The van der Waals surface area contributed by atoms with Crippen LogP contribution in [-0.4, -0.2) is 57.5 Å². The predicted molar refractivity (Wildman–Crippen MR) is 132 cm³/mol. The first-order valence-corrected chi connectivity index (χ1v) is 12.3. The van der Waals surface area contributed by atoms with Gasteiger partial charge in [0.25, 0.3) is 0 Å². The molecule has 1 unspecified atom stereocenters. The van der Waals surface area contributed by atoms with E-state index in [1.54, 1.807) is 0 Å². The third-order valence-corrected chi connectivity index (χ3v) is 7.42. The van der Waals surface area contributed by atoms with Crippen LogP contribution in [0, 0.1) is 0 Å². The summed E-state index contributed by atoms with van der Waals surface area (Å²) in [6, 6.07) is 7.70. The Hall–Kier alpha value is -1.07. The molecule has 1 amide bonds. The number of carbonyl (C=O) groups excluding carboxylic acids is 1. The van der Waals surface area contributed by atoms with E-state index in [0.29, 0.717) is 25.5 Å². The molecule has 3 rings (SSSR count). The molecule has 1 aromatic rings. The van der Waals surface area contributed by atoms with Crippen molar-refractivity contribution in [2.75, 3.05) is 31.1 Å². The van der Waals surface area contributed by atoms with Crippen molar-refractivity contribution in [1.82, 2.24) is 16.0 Å². The van der Waals surface area contributed by atoms with Crippen molar-refractivity contribution in [1.29, 1.82) is 0 Å². The lowest BCUT2D eigenvalue weighted by Gasteiger charge is -2.16. The minimum absolute atomic E-state index is 0. The van der Waals surface area contributed by atoms with Crippen molar-refractivity contribution in [3.05, 3.63) is 34.9 Å². The van der Waals surface area contributed by atoms with Crippen molar-refractivity contribution < 1.29 is 13.2 Å². The van der Waals surface area contributed by atoms with Crippen LogP contribution in [0.5, 0.6) is 0 Å². The molecule has 1 heterocycles. The molecular weight excluding hydrogens is 539 g/mol. The smallest absolute Gasteiger partial charge is 0.222 e. The van der Waals surface area contributed by atoms with Crippen molar-refractivity contribution in [3.63, 3.8) is 0 Å². The molecule has 7 nitrogen and oxygen atoms in total. The second kappa shape index (κ2) is 11.0. The summed E-state index contributed by atoms with van der Waals surface area (Å²) in [6.07, 6.45) is 2.93. The standard InChI is InChI=1S/C20H29ClN4O3S.HI/c1-2-22-19(23-10-6-18(26)25-17-7-11-29(27,28)13-17)24-14-20(8-9-20)15-4-3-5-16(21)12-15;/h3-5,12,17H,2,6-11,13-14H2,1H3,(H,25,26)(H2,22,23,24);1H. The van der Waals surface area contributed by atoms with E-state index >= 15 is 0 Å². The molecule has 3 N–H and O–H groups in total. The number of nitrogens with zero attached hydrogens (tertiary/aromatic N) is 1. The summed E-state index contributed by atoms with van der Waals surface area (Å²) in [7, 11) is -2.99. The molecule has 1 atom stereocenters. The van der Waals surface area contributed by atoms with Gasteiger partial charge in [0.2, 0.25) is 5.91 Å². The summed E-state index contributed by atoms with van der Waals surface area (Å²) in [4.78, 5) is 16.8. The van der Waals surface area contributed by atoms with Crippen LogP contribution in [0.4, 0.5) is 0 Å². The summed E-state index contributed by atoms with van der Waals surface area (Å²) in [5.41, 5.74) is 1.27. The van der Waals surface area contributed by atoms with E-state index in [0.717, 1.165) is 24.4 Å². The van der Waals surface area contributed by atoms with Gasteiger partial charge in [0.1, 0.15) is 0 Å². The maximum absolute atomic E-state index is 12.1. The Bertz CT molecular complexity index is 875. The number of carbonyl (C=O) groups is 1. The Labute approximate surface area is 200 Å². The Morgan fingerprint density at radius 1 is 1.30 bits per heavy atom. The zero-order valence-electron chi connectivity index (χ0n) is 17.1. The lowest BCUT2D eigenvalue weighted by atomic mass is 9.96. The van der Waals surface area contributed by atoms with Crippen LogP contribution in [0.2, 0.25) is 5.02 Å². The van der Waals surface area contributed by atoms with Crippen LogP contribution in [-0.2, 0) is 20.0 Å². The normalized spacial score (nSPS) is 21.4. The first-order chi connectivity index (χ1) is 13.8. The Kier molecular flexibility index (Phi) is 9.23. The zero-order valence-corrected chi connectivity index (χ0v) is 21.0. The minimum Gasteiger partial charge on any atom is -0.357 e. The van der Waals surface area contributed by atoms with Gasteiger partial charge in [0.05, 0.1) is 18.1 Å². The highest BCUT2D eigenvalue weighted by Gasteiger charge is 2.44. The maximum Gasteiger partial charge on any atom is 0.222 e. The number of halogens is 2. The highest BCUT2D eigenvalue weighted by molar-refractivity contribution is 14.0. The topological polar surface area (TPSA) is 99.7 Å². The molecule has 1 saturated heterocycles. The van der Waals surface area contributed by atoms with Crippen LogP contribution >= 0.6 is 35.6 Å². The number of rotatable bonds is 8. The summed E-state index contributed by atoms with van der Waals surface area (Å²) < 4.78 is 23.0. The van der Waals surface area contributed by atoms with E-state index in [4.69, 9.17) is 16.6 Å². The number of hydrogen-bond donors (Lipinski definition) is 3. The van der Waals surface area contributed by atoms with Crippen LogP contribution in [0.3, 0.4) is 0 Å². The van der Waals surface area contributed by atoms with Gasteiger partial charge in [0.15, 0.2) is 15.8 Å². The van der Waals surface area contributed by atoms with E-state index in [-0.39, 0.29) is 59.3 Å². The molecule has 168 valence electrons.